The fourth-order valence-electron chi connectivity index (χ4n) is 3.49. The lowest BCUT2D eigenvalue weighted by atomic mass is 9.66. The van der Waals surface area contributed by atoms with Gasteiger partial charge in [0.25, 0.3) is 0 Å². The molecule has 6 heteroatoms. The van der Waals surface area contributed by atoms with Crippen LogP contribution in [0.25, 0.3) is 0 Å². The number of carboxylic acids is 1. The molecule has 2 fully saturated rings. The molecule has 0 bridgehead atoms. The van der Waals surface area contributed by atoms with Crippen molar-refractivity contribution in [3.05, 3.63) is 35.6 Å². The van der Waals surface area contributed by atoms with Crippen molar-refractivity contribution in [1.82, 2.24) is 4.90 Å². The highest BCUT2D eigenvalue weighted by Gasteiger charge is 2.47. The van der Waals surface area contributed by atoms with Crippen molar-refractivity contribution < 1.29 is 23.8 Å². The second-order valence-electron chi connectivity index (χ2n) is 6.90. The van der Waals surface area contributed by atoms with E-state index >= 15 is 0 Å². The molecule has 0 spiro atoms. The van der Waals surface area contributed by atoms with Gasteiger partial charge < -0.3 is 14.7 Å². The monoisotopic (exact) mass is 335 g/mol. The number of hydrogen-bond donors (Lipinski definition) is 1. The number of halogens is 1. The summed E-state index contributed by atoms with van der Waals surface area (Å²) in [4.78, 5) is 25.8. The Bertz CT molecular complexity index is 626. The molecule has 2 atom stereocenters. The second kappa shape index (κ2) is 6.51. The fourth-order valence-corrected chi connectivity index (χ4v) is 3.49. The molecule has 130 valence electrons. The van der Waals surface area contributed by atoms with Gasteiger partial charge in [-0.15, -0.1) is 0 Å². The summed E-state index contributed by atoms with van der Waals surface area (Å²) >= 11 is 0. The highest BCUT2D eigenvalue weighted by molar-refractivity contribution is 5.85. The number of hydrogen-bond acceptors (Lipinski definition) is 3. The number of benzene rings is 1. The first-order valence-corrected chi connectivity index (χ1v) is 8.32. The van der Waals surface area contributed by atoms with Crippen LogP contribution in [-0.2, 0) is 14.3 Å². The number of carbonyl (C=O) groups is 2. The Morgan fingerprint density at radius 2 is 1.96 bits per heavy atom. The summed E-state index contributed by atoms with van der Waals surface area (Å²) in [5.41, 5.74) is -0.0679. The molecule has 0 aromatic heterocycles. The van der Waals surface area contributed by atoms with Crippen LogP contribution in [0.15, 0.2) is 24.3 Å². The molecule has 1 amide bonds. The number of nitrogens with zero attached hydrogens (tertiary/aromatic N) is 1. The van der Waals surface area contributed by atoms with Gasteiger partial charge in [0.05, 0.1) is 18.1 Å². The van der Waals surface area contributed by atoms with Crippen molar-refractivity contribution in [1.29, 1.82) is 0 Å². The summed E-state index contributed by atoms with van der Waals surface area (Å²) in [7, 11) is 0. The van der Waals surface area contributed by atoms with Gasteiger partial charge in [-0.05, 0) is 37.5 Å². The summed E-state index contributed by atoms with van der Waals surface area (Å²) in [6.45, 7) is 2.70. The molecule has 3 rings (SSSR count). The summed E-state index contributed by atoms with van der Waals surface area (Å²) in [6, 6.07) is 6.06. The first-order chi connectivity index (χ1) is 11.4. The highest BCUT2D eigenvalue weighted by Crippen LogP contribution is 2.44. The molecular formula is C18H22FNO4. The van der Waals surface area contributed by atoms with Gasteiger partial charge in [0.15, 0.2) is 0 Å². The largest absolute Gasteiger partial charge is 0.481 e. The number of carbonyl (C=O) groups excluding carboxylic acids is 1. The van der Waals surface area contributed by atoms with Crippen LogP contribution < -0.4 is 0 Å². The van der Waals surface area contributed by atoms with Crippen molar-refractivity contribution in [3.8, 4) is 0 Å². The van der Waals surface area contributed by atoms with Crippen LogP contribution in [0.3, 0.4) is 0 Å². The molecule has 2 unspecified atom stereocenters. The maximum absolute atomic E-state index is 13.1. The Balaban J connectivity index is 1.70. The van der Waals surface area contributed by atoms with E-state index < -0.39 is 11.4 Å². The van der Waals surface area contributed by atoms with E-state index in [9.17, 15) is 19.1 Å². The highest BCUT2D eigenvalue weighted by atomic mass is 19.1. The van der Waals surface area contributed by atoms with Gasteiger partial charge in [-0.3, -0.25) is 9.59 Å². The Labute approximate surface area is 140 Å². The minimum Gasteiger partial charge on any atom is -0.481 e. The molecule has 1 saturated carbocycles. The number of amides is 1. The maximum atomic E-state index is 13.1. The van der Waals surface area contributed by atoms with Crippen LogP contribution in [0.5, 0.6) is 0 Å². The van der Waals surface area contributed by atoms with E-state index in [0.717, 1.165) is 12.0 Å². The zero-order chi connectivity index (χ0) is 17.3. The summed E-state index contributed by atoms with van der Waals surface area (Å²) in [5, 5.41) is 9.41. The molecule has 1 heterocycles. The van der Waals surface area contributed by atoms with Crippen LogP contribution >= 0.6 is 0 Å². The topological polar surface area (TPSA) is 66.8 Å². The number of aliphatic carboxylic acids is 1. The number of morpholine rings is 1. The minimum absolute atomic E-state index is 0.0468. The summed E-state index contributed by atoms with van der Waals surface area (Å²) in [5.74, 6) is -1.33. The third kappa shape index (κ3) is 3.29. The van der Waals surface area contributed by atoms with E-state index in [1.807, 2.05) is 6.92 Å². The van der Waals surface area contributed by atoms with E-state index in [1.165, 1.54) is 12.1 Å². The van der Waals surface area contributed by atoms with Crippen molar-refractivity contribution in [2.24, 2.45) is 5.41 Å². The van der Waals surface area contributed by atoms with Gasteiger partial charge >= 0.3 is 5.97 Å². The van der Waals surface area contributed by atoms with Gasteiger partial charge in [-0.1, -0.05) is 18.6 Å². The zero-order valence-corrected chi connectivity index (χ0v) is 13.7. The Hall–Kier alpha value is -1.95. The van der Waals surface area contributed by atoms with Crippen molar-refractivity contribution in [3.63, 3.8) is 0 Å². The SMILES string of the molecule is CC1CN(C(=O)CC2(C(=O)O)CCC2)CC(c2ccc(F)cc2)O1. The number of rotatable bonds is 4. The average Bonchev–Trinajstić information content (AvgIpc) is 2.50. The van der Waals surface area contributed by atoms with E-state index in [2.05, 4.69) is 0 Å². The zero-order valence-electron chi connectivity index (χ0n) is 13.7. The molecule has 1 N–H and O–H groups in total. The lowest BCUT2D eigenvalue weighted by Gasteiger charge is -2.41. The third-order valence-electron chi connectivity index (χ3n) is 5.11. The molecule has 2 aliphatic rings. The van der Waals surface area contributed by atoms with Gasteiger partial charge in [0, 0.05) is 13.0 Å². The predicted octanol–water partition coefficient (Wildman–Crippen LogP) is 2.76. The van der Waals surface area contributed by atoms with Crippen LogP contribution in [-0.4, -0.2) is 41.1 Å². The van der Waals surface area contributed by atoms with Crippen molar-refractivity contribution >= 4 is 11.9 Å². The third-order valence-corrected chi connectivity index (χ3v) is 5.11. The van der Waals surface area contributed by atoms with Crippen LogP contribution in [0.4, 0.5) is 4.39 Å². The van der Waals surface area contributed by atoms with Gasteiger partial charge in [-0.2, -0.15) is 0 Å². The molecule has 0 radical (unpaired) electrons. The van der Waals surface area contributed by atoms with E-state index in [-0.39, 0.29) is 30.4 Å². The van der Waals surface area contributed by atoms with E-state index in [1.54, 1.807) is 17.0 Å². The van der Waals surface area contributed by atoms with Crippen LogP contribution in [0.1, 0.15) is 44.3 Å². The van der Waals surface area contributed by atoms with Gasteiger partial charge in [-0.25, -0.2) is 4.39 Å². The first kappa shape index (κ1) is 16.9. The first-order valence-electron chi connectivity index (χ1n) is 8.32. The maximum Gasteiger partial charge on any atom is 0.310 e. The second-order valence-corrected chi connectivity index (χ2v) is 6.90. The van der Waals surface area contributed by atoms with E-state index in [0.29, 0.717) is 25.9 Å². The standard InChI is InChI=1S/C18H22FNO4/c1-12-10-20(16(21)9-18(17(22)23)7-2-8-18)11-15(24-12)13-3-5-14(19)6-4-13/h3-6,12,15H,2,7-11H2,1H3,(H,22,23). The Kier molecular flexibility index (Phi) is 4.58. The molecular weight excluding hydrogens is 313 g/mol. The summed E-state index contributed by atoms with van der Waals surface area (Å²) < 4.78 is 19.0. The Morgan fingerprint density at radius 3 is 2.50 bits per heavy atom. The molecule has 1 aromatic carbocycles. The fraction of sp³-hybridized carbons (Fsp3) is 0.556. The molecule has 24 heavy (non-hydrogen) atoms. The quantitative estimate of drug-likeness (QED) is 0.919. The van der Waals surface area contributed by atoms with E-state index in [4.69, 9.17) is 4.74 Å². The molecule has 1 aromatic rings. The predicted molar refractivity (Wildman–Crippen MR) is 84.8 cm³/mol. The van der Waals surface area contributed by atoms with Crippen LogP contribution in [0, 0.1) is 11.2 Å². The molecule has 1 aliphatic heterocycles. The molecule has 1 aliphatic carbocycles. The van der Waals surface area contributed by atoms with Crippen molar-refractivity contribution in [2.75, 3.05) is 13.1 Å². The average molecular weight is 335 g/mol. The lowest BCUT2D eigenvalue weighted by Crippen LogP contribution is -2.49. The lowest BCUT2D eigenvalue weighted by molar-refractivity contribution is -0.163. The van der Waals surface area contributed by atoms with Gasteiger partial charge in [0.2, 0.25) is 5.91 Å². The molecule has 5 nitrogen and oxygen atoms in total. The van der Waals surface area contributed by atoms with Crippen molar-refractivity contribution in [2.45, 2.75) is 44.8 Å². The minimum atomic E-state index is -0.885. The van der Waals surface area contributed by atoms with Gasteiger partial charge in [0.1, 0.15) is 11.9 Å². The Morgan fingerprint density at radius 1 is 1.29 bits per heavy atom. The molecule has 1 saturated heterocycles. The van der Waals surface area contributed by atoms with Crippen LogP contribution in [0.2, 0.25) is 0 Å². The number of carboxylic acid groups (broad SMARTS) is 1. The summed E-state index contributed by atoms with van der Waals surface area (Å²) in [6.07, 6.45) is 1.56. The number of ether oxygens (including phenoxy) is 1. The smallest absolute Gasteiger partial charge is 0.310 e. The normalized spacial score (nSPS) is 25.8.